The highest BCUT2D eigenvalue weighted by molar-refractivity contribution is 6.12. The lowest BCUT2D eigenvalue weighted by molar-refractivity contribution is 0.159. The van der Waals surface area contributed by atoms with Crippen LogP contribution in [-0.2, 0) is 4.84 Å². The zero-order valence-corrected chi connectivity index (χ0v) is 11.2. The predicted octanol–water partition coefficient (Wildman–Crippen LogP) is 4.22. The van der Waals surface area contributed by atoms with Crippen molar-refractivity contribution in [1.82, 2.24) is 0 Å². The van der Waals surface area contributed by atoms with E-state index in [9.17, 15) is 0 Å². The van der Waals surface area contributed by atoms with Crippen LogP contribution in [0.2, 0.25) is 0 Å². The first kappa shape index (κ1) is 12.5. The Morgan fingerprint density at radius 3 is 2.55 bits per heavy atom. The number of hydrogen-bond donors (Lipinski definition) is 0. The van der Waals surface area contributed by atoms with Crippen LogP contribution in [0.4, 0.5) is 0 Å². The Kier molecular flexibility index (Phi) is 3.50. The van der Waals surface area contributed by atoms with E-state index in [4.69, 9.17) is 9.25 Å². The van der Waals surface area contributed by atoms with Gasteiger partial charge in [0.05, 0.1) is 0 Å². The van der Waals surface area contributed by atoms with E-state index in [2.05, 4.69) is 5.16 Å². The van der Waals surface area contributed by atoms with Gasteiger partial charge in [-0.15, -0.1) is 0 Å². The SMILES string of the molecule is CCO/N=C(\c1ccccc1)c1cc2ccccc2o1. The first-order chi connectivity index (χ1) is 9.88. The second-order valence-electron chi connectivity index (χ2n) is 4.37. The molecule has 0 aliphatic heterocycles. The molecule has 0 spiro atoms. The lowest BCUT2D eigenvalue weighted by Crippen LogP contribution is -2.03. The van der Waals surface area contributed by atoms with Crippen molar-refractivity contribution in [1.29, 1.82) is 0 Å². The summed E-state index contributed by atoms with van der Waals surface area (Å²) >= 11 is 0. The number of para-hydroxylation sites is 1. The molecule has 0 saturated carbocycles. The molecule has 1 heterocycles. The van der Waals surface area contributed by atoms with Crippen molar-refractivity contribution < 1.29 is 9.25 Å². The Balaban J connectivity index is 2.09. The van der Waals surface area contributed by atoms with E-state index in [1.807, 2.05) is 67.6 Å². The molecular weight excluding hydrogens is 250 g/mol. The summed E-state index contributed by atoms with van der Waals surface area (Å²) in [5.41, 5.74) is 2.53. The van der Waals surface area contributed by atoms with Gasteiger partial charge in [0.15, 0.2) is 11.5 Å². The van der Waals surface area contributed by atoms with Crippen LogP contribution in [0, 0.1) is 0 Å². The van der Waals surface area contributed by atoms with E-state index in [-0.39, 0.29) is 0 Å². The van der Waals surface area contributed by atoms with Crippen molar-refractivity contribution in [3.63, 3.8) is 0 Å². The molecule has 3 aromatic rings. The van der Waals surface area contributed by atoms with E-state index in [0.29, 0.717) is 18.1 Å². The summed E-state index contributed by atoms with van der Waals surface area (Å²) in [6.45, 7) is 2.43. The van der Waals surface area contributed by atoms with Crippen molar-refractivity contribution in [3.8, 4) is 0 Å². The molecule has 0 fully saturated rings. The van der Waals surface area contributed by atoms with Crippen molar-refractivity contribution in [2.24, 2.45) is 5.16 Å². The van der Waals surface area contributed by atoms with Gasteiger partial charge in [0.2, 0.25) is 0 Å². The van der Waals surface area contributed by atoms with Crippen molar-refractivity contribution in [2.75, 3.05) is 6.61 Å². The molecule has 0 saturated heterocycles. The molecule has 0 atom stereocenters. The maximum absolute atomic E-state index is 5.87. The normalized spacial score (nSPS) is 11.8. The Morgan fingerprint density at radius 1 is 1.05 bits per heavy atom. The van der Waals surface area contributed by atoms with Crippen molar-refractivity contribution >= 4 is 16.7 Å². The summed E-state index contributed by atoms with van der Waals surface area (Å²) in [5, 5.41) is 5.26. The average molecular weight is 265 g/mol. The minimum atomic E-state index is 0.524. The molecule has 0 unspecified atom stereocenters. The number of furan rings is 1. The van der Waals surface area contributed by atoms with Gasteiger partial charge in [0.25, 0.3) is 0 Å². The highest BCUT2D eigenvalue weighted by atomic mass is 16.6. The summed E-state index contributed by atoms with van der Waals surface area (Å²) < 4.78 is 5.87. The van der Waals surface area contributed by atoms with Crippen LogP contribution in [-0.4, -0.2) is 12.3 Å². The van der Waals surface area contributed by atoms with Gasteiger partial charge in [0.1, 0.15) is 12.2 Å². The van der Waals surface area contributed by atoms with Gasteiger partial charge in [0, 0.05) is 10.9 Å². The lowest BCUT2D eigenvalue weighted by atomic mass is 10.1. The minimum Gasteiger partial charge on any atom is -0.454 e. The highest BCUT2D eigenvalue weighted by Crippen LogP contribution is 2.21. The smallest absolute Gasteiger partial charge is 0.157 e. The van der Waals surface area contributed by atoms with E-state index in [0.717, 1.165) is 16.5 Å². The van der Waals surface area contributed by atoms with Crippen LogP contribution >= 0.6 is 0 Å². The lowest BCUT2D eigenvalue weighted by Gasteiger charge is -2.03. The van der Waals surface area contributed by atoms with Gasteiger partial charge in [-0.2, -0.15) is 0 Å². The quantitative estimate of drug-likeness (QED) is 0.523. The second-order valence-corrected chi connectivity index (χ2v) is 4.37. The Bertz CT molecular complexity index is 696. The fourth-order valence-electron chi connectivity index (χ4n) is 2.06. The number of rotatable bonds is 4. The molecule has 0 aliphatic rings. The molecule has 3 rings (SSSR count). The molecule has 1 aromatic heterocycles. The third-order valence-corrected chi connectivity index (χ3v) is 2.99. The zero-order chi connectivity index (χ0) is 13.8. The van der Waals surface area contributed by atoms with Crippen LogP contribution < -0.4 is 0 Å². The largest absolute Gasteiger partial charge is 0.454 e. The van der Waals surface area contributed by atoms with E-state index in [1.54, 1.807) is 0 Å². The molecule has 2 aromatic carbocycles. The third kappa shape index (κ3) is 2.43. The van der Waals surface area contributed by atoms with Crippen LogP contribution in [0.15, 0.2) is 70.2 Å². The molecule has 0 N–H and O–H groups in total. The van der Waals surface area contributed by atoms with Gasteiger partial charge < -0.3 is 9.25 Å². The van der Waals surface area contributed by atoms with Gasteiger partial charge >= 0.3 is 0 Å². The van der Waals surface area contributed by atoms with Crippen LogP contribution in [0.1, 0.15) is 18.2 Å². The fraction of sp³-hybridized carbons (Fsp3) is 0.118. The van der Waals surface area contributed by atoms with E-state index in [1.165, 1.54) is 0 Å². The minimum absolute atomic E-state index is 0.524. The van der Waals surface area contributed by atoms with Gasteiger partial charge in [-0.25, -0.2) is 0 Å². The van der Waals surface area contributed by atoms with E-state index >= 15 is 0 Å². The van der Waals surface area contributed by atoms with Crippen LogP contribution in [0.3, 0.4) is 0 Å². The molecular formula is C17H15NO2. The third-order valence-electron chi connectivity index (χ3n) is 2.99. The first-order valence-electron chi connectivity index (χ1n) is 6.63. The Morgan fingerprint density at radius 2 is 1.80 bits per heavy atom. The molecule has 3 nitrogen and oxygen atoms in total. The van der Waals surface area contributed by atoms with Crippen molar-refractivity contribution in [3.05, 3.63) is 72.0 Å². The predicted molar refractivity (Wildman–Crippen MR) is 79.9 cm³/mol. The molecule has 0 aliphatic carbocycles. The fourth-order valence-corrected chi connectivity index (χ4v) is 2.06. The van der Waals surface area contributed by atoms with Gasteiger partial charge in [-0.3, -0.25) is 0 Å². The first-order valence-corrected chi connectivity index (χ1v) is 6.63. The maximum Gasteiger partial charge on any atom is 0.157 e. The summed E-state index contributed by atoms with van der Waals surface area (Å²) in [4.78, 5) is 5.23. The number of hydrogen-bond acceptors (Lipinski definition) is 3. The number of nitrogens with zero attached hydrogens (tertiary/aromatic N) is 1. The van der Waals surface area contributed by atoms with Crippen LogP contribution in [0.5, 0.6) is 0 Å². The van der Waals surface area contributed by atoms with Crippen molar-refractivity contribution in [2.45, 2.75) is 6.92 Å². The molecule has 3 heteroatoms. The van der Waals surface area contributed by atoms with Crippen LogP contribution in [0.25, 0.3) is 11.0 Å². The monoisotopic (exact) mass is 265 g/mol. The molecule has 100 valence electrons. The number of fused-ring (bicyclic) bond motifs is 1. The maximum atomic E-state index is 5.87. The Labute approximate surface area is 117 Å². The Hall–Kier alpha value is -2.55. The molecule has 0 radical (unpaired) electrons. The van der Waals surface area contributed by atoms with Gasteiger partial charge in [-0.05, 0) is 19.1 Å². The molecule has 0 bridgehead atoms. The van der Waals surface area contributed by atoms with Gasteiger partial charge in [-0.1, -0.05) is 53.7 Å². The molecule has 20 heavy (non-hydrogen) atoms. The highest BCUT2D eigenvalue weighted by Gasteiger charge is 2.13. The average Bonchev–Trinajstić information content (AvgIpc) is 2.92. The molecule has 0 amide bonds. The number of benzene rings is 2. The standard InChI is InChI=1S/C17H15NO2/c1-2-19-18-17(13-8-4-3-5-9-13)16-12-14-10-6-7-11-15(14)20-16/h3-12H,2H2,1H3/b18-17+. The topological polar surface area (TPSA) is 34.7 Å². The summed E-state index contributed by atoms with van der Waals surface area (Å²) in [5.74, 6) is 0.714. The zero-order valence-electron chi connectivity index (χ0n) is 11.2. The number of oxime groups is 1. The summed E-state index contributed by atoms with van der Waals surface area (Å²) in [6, 6.07) is 19.8. The second kappa shape index (κ2) is 5.61. The van der Waals surface area contributed by atoms with E-state index < -0.39 is 0 Å². The summed E-state index contributed by atoms with van der Waals surface area (Å²) in [7, 11) is 0. The summed E-state index contributed by atoms with van der Waals surface area (Å²) in [6.07, 6.45) is 0.